The first-order chi connectivity index (χ1) is 15.5. The van der Waals surface area contributed by atoms with Crippen molar-refractivity contribution < 1.29 is 19.2 Å². The third-order valence-corrected chi connectivity index (χ3v) is 7.84. The molecule has 3 heterocycles. The zero-order valence-corrected chi connectivity index (χ0v) is 18.9. The van der Waals surface area contributed by atoms with Crippen molar-refractivity contribution in [3.63, 3.8) is 0 Å². The van der Waals surface area contributed by atoms with E-state index < -0.39 is 17.3 Å². The fraction of sp³-hybridized carbons (Fsp3) is 0.375. The molecule has 2 atom stereocenters. The zero-order valence-electron chi connectivity index (χ0n) is 18.1. The van der Waals surface area contributed by atoms with Gasteiger partial charge in [-0.3, -0.25) is 4.79 Å². The predicted octanol–water partition coefficient (Wildman–Crippen LogP) is 1.77. The molecule has 0 bridgehead atoms. The molecule has 2 unspecified atom stereocenters. The maximum absolute atomic E-state index is 13.3. The number of hydrogen-bond donors (Lipinski definition) is 1. The van der Waals surface area contributed by atoms with E-state index in [4.69, 9.17) is 4.74 Å². The molecule has 8 heteroatoms. The van der Waals surface area contributed by atoms with Gasteiger partial charge in [0.2, 0.25) is 5.91 Å². The van der Waals surface area contributed by atoms with Crippen LogP contribution in [0.15, 0.2) is 64.6 Å². The van der Waals surface area contributed by atoms with E-state index >= 15 is 0 Å². The summed E-state index contributed by atoms with van der Waals surface area (Å²) >= 11 is -1.28. The molecule has 0 saturated carbocycles. The van der Waals surface area contributed by atoms with E-state index in [1.165, 1.54) is 0 Å². The van der Waals surface area contributed by atoms with Crippen LogP contribution in [-0.2, 0) is 16.2 Å². The molecule has 2 aromatic carbocycles. The van der Waals surface area contributed by atoms with E-state index in [0.717, 1.165) is 39.6 Å². The molecule has 0 fully saturated rings. The number of fused-ring (bicyclic) bond motifs is 1. The number of ether oxygens (including phenoxy) is 1. The normalized spacial score (nSPS) is 20.1. The van der Waals surface area contributed by atoms with Crippen LogP contribution in [0.25, 0.3) is 0 Å². The van der Waals surface area contributed by atoms with E-state index in [0.29, 0.717) is 32.8 Å². The lowest BCUT2D eigenvalue weighted by atomic mass is 9.98. The molecule has 3 aliphatic rings. The van der Waals surface area contributed by atoms with Crippen LogP contribution < -0.4 is 9.64 Å². The topological polar surface area (TPSA) is 79.3 Å². The summed E-state index contributed by atoms with van der Waals surface area (Å²) in [5.41, 5.74) is 4.12. The van der Waals surface area contributed by atoms with Gasteiger partial charge >= 0.3 is 0 Å². The number of anilines is 1. The molecule has 0 radical (unpaired) electrons. The van der Waals surface area contributed by atoms with Gasteiger partial charge in [0, 0.05) is 26.2 Å². The molecule has 7 nitrogen and oxygen atoms in total. The molecule has 0 spiro atoms. The lowest BCUT2D eigenvalue weighted by molar-refractivity contribution is -0.132. The average molecular weight is 454 g/mol. The summed E-state index contributed by atoms with van der Waals surface area (Å²) in [6.45, 7) is 3.50. The Morgan fingerprint density at radius 2 is 1.84 bits per heavy atom. The highest BCUT2D eigenvalue weighted by Crippen LogP contribution is 2.36. The Morgan fingerprint density at radius 1 is 1.12 bits per heavy atom. The largest absolute Gasteiger partial charge is 0.593 e. The number of carbonyl (C=O) groups is 1. The van der Waals surface area contributed by atoms with Crippen molar-refractivity contribution in [3.8, 4) is 5.75 Å². The number of carbonyl (C=O) groups excluding carboxylic acids is 1. The number of amides is 1. The van der Waals surface area contributed by atoms with Crippen molar-refractivity contribution in [2.45, 2.75) is 10.8 Å². The third-order valence-electron chi connectivity index (χ3n) is 6.45. The Hall–Kier alpha value is -2.52. The molecule has 2 aromatic rings. The van der Waals surface area contributed by atoms with Crippen molar-refractivity contribution in [2.75, 3.05) is 57.9 Å². The lowest BCUT2D eigenvalue weighted by Crippen LogP contribution is -2.39. The Morgan fingerprint density at radius 3 is 2.53 bits per heavy atom. The highest BCUT2D eigenvalue weighted by molar-refractivity contribution is 7.89. The molecule has 5 rings (SSSR count). The van der Waals surface area contributed by atoms with Gasteiger partial charge in [-0.15, -0.1) is 4.31 Å². The van der Waals surface area contributed by atoms with Crippen LogP contribution in [-0.4, -0.2) is 77.8 Å². The Bertz CT molecular complexity index is 1030. The van der Waals surface area contributed by atoms with Gasteiger partial charge in [0.05, 0.1) is 49.2 Å². The molecule has 0 saturated heterocycles. The first-order valence-electron chi connectivity index (χ1n) is 10.8. The SMILES string of the molecule is CN1CCOc2ccc([S+]([O-])N3CC4=C(CN(C(=O)C(CO)c5ccccc5)C4)C3)cc21. The van der Waals surface area contributed by atoms with E-state index in [2.05, 4.69) is 4.90 Å². The summed E-state index contributed by atoms with van der Waals surface area (Å²) in [6, 6.07) is 15.1. The smallest absolute Gasteiger partial charge is 0.233 e. The second kappa shape index (κ2) is 8.78. The van der Waals surface area contributed by atoms with Crippen molar-refractivity contribution in [1.29, 1.82) is 0 Å². The number of benzene rings is 2. The maximum Gasteiger partial charge on any atom is 0.233 e. The Balaban J connectivity index is 1.23. The minimum absolute atomic E-state index is 0.0569. The van der Waals surface area contributed by atoms with Crippen molar-refractivity contribution in [2.24, 2.45) is 0 Å². The molecule has 0 aromatic heterocycles. The fourth-order valence-corrected chi connectivity index (χ4v) is 5.88. The Labute approximate surface area is 191 Å². The summed E-state index contributed by atoms with van der Waals surface area (Å²) in [5.74, 6) is 0.224. The minimum Gasteiger partial charge on any atom is -0.593 e. The summed E-state index contributed by atoms with van der Waals surface area (Å²) in [6.07, 6.45) is 0. The van der Waals surface area contributed by atoms with Gasteiger partial charge in [-0.05, 0) is 28.8 Å². The van der Waals surface area contributed by atoms with E-state index in [1.54, 1.807) is 0 Å². The van der Waals surface area contributed by atoms with Crippen LogP contribution in [0.4, 0.5) is 5.69 Å². The van der Waals surface area contributed by atoms with Crippen LogP contribution in [0.3, 0.4) is 0 Å². The number of aliphatic hydroxyl groups excluding tert-OH is 1. The summed E-state index contributed by atoms with van der Waals surface area (Å²) in [7, 11) is 2.01. The van der Waals surface area contributed by atoms with Gasteiger partial charge in [0.15, 0.2) is 4.90 Å². The number of rotatable bonds is 5. The van der Waals surface area contributed by atoms with E-state index in [9.17, 15) is 14.5 Å². The molecule has 168 valence electrons. The standard InChI is InChI=1S/C24H27N3O4S/c1-25-9-10-31-23-8-7-20(11-22(23)25)32(30)27-14-18-12-26(13-19(18)15-27)24(29)21(16-28)17-5-3-2-4-6-17/h2-8,11,21,28H,9-10,12-16H2,1H3. The second-order valence-electron chi connectivity index (χ2n) is 8.49. The van der Waals surface area contributed by atoms with Gasteiger partial charge < -0.3 is 24.2 Å². The molecule has 3 aliphatic heterocycles. The van der Waals surface area contributed by atoms with Crippen LogP contribution in [0.1, 0.15) is 11.5 Å². The summed E-state index contributed by atoms with van der Waals surface area (Å²) in [4.78, 5) is 17.8. The van der Waals surface area contributed by atoms with Crippen molar-refractivity contribution >= 4 is 23.0 Å². The lowest BCUT2D eigenvalue weighted by Gasteiger charge is -2.29. The zero-order chi connectivity index (χ0) is 22.2. The second-order valence-corrected chi connectivity index (χ2v) is 9.98. The van der Waals surface area contributed by atoms with Crippen LogP contribution in [0.5, 0.6) is 5.75 Å². The Kier molecular flexibility index (Phi) is 5.86. The van der Waals surface area contributed by atoms with Gasteiger partial charge in [0.1, 0.15) is 12.4 Å². The van der Waals surface area contributed by atoms with Gasteiger partial charge in [-0.1, -0.05) is 30.3 Å². The quantitative estimate of drug-likeness (QED) is 0.549. The molecule has 0 aliphatic carbocycles. The van der Waals surface area contributed by atoms with Gasteiger partial charge in [-0.25, -0.2) is 0 Å². The van der Waals surface area contributed by atoms with Crippen molar-refractivity contribution in [1.82, 2.24) is 9.21 Å². The number of nitrogens with zero attached hydrogens (tertiary/aromatic N) is 3. The van der Waals surface area contributed by atoms with E-state index in [1.807, 2.05) is 64.8 Å². The highest BCUT2D eigenvalue weighted by atomic mass is 32.2. The maximum atomic E-state index is 13.3. The number of hydrogen-bond acceptors (Lipinski definition) is 6. The van der Waals surface area contributed by atoms with Gasteiger partial charge in [-0.2, -0.15) is 0 Å². The molecule has 32 heavy (non-hydrogen) atoms. The van der Waals surface area contributed by atoms with Crippen LogP contribution in [0.2, 0.25) is 0 Å². The molecular weight excluding hydrogens is 426 g/mol. The third kappa shape index (κ3) is 3.88. The number of aliphatic hydroxyl groups is 1. The van der Waals surface area contributed by atoms with E-state index in [-0.39, 0.29) is 12.5 Å². The summed E-state index contributed by atoms with van der Waals surface area (Å²) in [5, 5.41) is 9.84. The predicted molar refractivity (Wildman–Crippen MR) is 123 cm³/mol. The first-order valence-corrected chi connectivity index (χ1v) is 11.9. The number of likely N-dealkylation sites (N-methyl/N-ethyl adjacent to an activating group) is 1. The molecular formula is C24H27N3O4S. The van der Waals surface area contributed by atoms with Crippen LogP contribution >= 0.6 is 0 Å². The van der Waals surface area contributed by atoms with Gasteiger partial charge in [0.25, 0.3) is 0 Å². The van der Waals surface area contributed by atoms with Crippen LogP contribution in [0, 0.1) is 0 Å². The first kappa shape index (κ1) is 21.3. The molecule has 1 N–H and O–H groups in total. The fourth-order valence-electron chi connectivity index (χ4n) is 4.64. The monoisotopic (exact) mass is 453 g/mol. The summed E-state index contributed by atoms with van der Waals surface area (Å²) < 4.78 is 20.9. The van der Waals surface area contributed by atoms with Crippen molar-refractivity contribution in [3.05, 3.63) is 65.2 Å². The average Bonchev–Trinajstić information content (AvgIpc) is 3.39. The molecule has 1 amide bonds. The highest BCUT2D eigenvalue weighted by Gasteiger charge is 2.39. The minimum atomic E-state index is -1.28.